The zero-order valence-corrected chi connectivity index (χ0v) is 8.21. The molecule has 1 aromatic heterocycles. The summed E-state index contributed by atoms with van der Waals surface area (Å²) in [6, 6.07) is 0.625. The van der Waals surface area contributed by atoms with Crippen molar-refractivity contribution in [1.29, 1.82) is 0 Å². The molecule has 0 spiro atoms. The Morgan fingerprint density at radius 1 is 1.56 bits per heavy atom. The van der Waals surface area contributed by atoms with Crippen LogP contribution in [0.2, 0.25) is 0 Å². The maximum absolute atomic E-state index is 12.3. The van der Waals surface area contributed by atoms with Crippen molar-refractivity contribution >= 4 is 11.3 Å². The summed E-state index contributed by atoms with van der Waals surface area (Å²) in [5, 5.41) is 10.5. The Hall–Kier alpha value is -1.92. The average Bonchev–Trinajstić information content (AvgIpc) is 2.15. The van der Waals surface area contributed by atoms with E-state index in [-0.39, 0.29) is 11.1 Å². The fraction of sp³-hybridized carbons (Fsp3) is 0.222. The van der Waals surface area contributed by atoms with Gasteiger partial charge in [0.05, 0.1) is 10.5 Å². The monoisotopic (exact) mass is 232 g/mol. The number of allylic oxidation sites excluding steroid dienone is 1. The van der Waals surface area contributed by atoms with Crippen LogP contribution in [0.3, 0.4) is 0 Å². The van der Waals surface area contributed by atoms with Crippen molar-refractivity contribution in [3.63, 3.8) is 0 Å². The van der Waals surface area contributed by atoms with Gasteiger partial charge in [0.15, 0.2) is 0 Å². The van der Waals surface area contributed by atoms with E-state index >= 15 is 0 Å². The van der Waals surface area contributed by atoms with E-state index in [4.69, 9.17) is 0 Å². The Bertz CT molecular complexity index is 455. The smallest absolute Gasteiger partial charge is 0.258 e. The second kappa shape index (κ2) is 3.92. The second-order valence-corrected chi connectivity index (χ2v) is 3.12. The Kier molecular flexibility index (Phi) is 2.97. The molecule has 0 atom stereocenters. The topological polar surface area (TPSA) is 56.0 Å². The molecule has 1 aromatic rings. The van der Waals surface area contributed by atoms with Crippen LogP contribution in [-0.2, 0) is 6.18 Å². The molecule has 1 rings (SSSR count). The van der Waals surface area contributed by atoms with Crippen LogP contribution in [0.25, 0.3) is 5.57 Å². The van der Waals surface area contributed by atoms with Gasteiger partial charge in [0.25, 0.3) is 5.69 Å². The van der Waals surface area contributed by atoms with Crippen molar-refractivity contribution in [2.24, 2.45) is 0 Å². The molecule has 7 heteroatoms. The first-order valence-electron chi connectivity index (χ1n) is 4.11. The van der Waals surface area contributed by atoms with Gasteiger partial charge in [0, 0.05) is 0 Å². The van der Waals surface area contributed by atoms with Crippen LogP contribution >= 0.6 is 0 Å². The number of hydrogen-bond acceptors (Lipinski definition) is 3. The van der Waals surface area contributed by atoms with Gasteiger partial charge in [0.2, 0.25) is 0 Å². The van der Waals surface area contributed by atoms with Gasteiger partial charge in [-0.15, -0.1) is 0 Å². The van der Waals surface area contributed by atoms with Crippen LogP contribution in [0.5, 0.6) is 0 Å². The van der Waals surface area contributed by atoms with Gasteiger partial charge in [-0.1, -0.05) is 6.58 Å². The van der Waals surface area contributed by atoms with Crippen molar-refractivity contribution in [3.8, 4) is 0 Å². The minimum atomic E-state index is -4.63. The minimum Gasteiger partial charge on any atom is -0.258 e. The molecule has 0 N–H and O–H groups in total. The quantitative estimate of drug-likeness (QED) is 0.581. The lowest BCUT2D eigenvalue weighted by Crippen LogP contribution is -2.09. The molecule has 16 heavy (non-hydrogen) atoms. The molecule has 0 unspecified atom stereocenters. The first-order chi connectivity index (χ1) is 7.23. The van der Waals surface area contributed by atoms with Crippen LogP contribution in [-0.4, -0.2) is 9.91 Å². The number of alkyl halides is 3. The third-order valence-electron chi connectivity index (χ3n) is 1.83. The van der Waals surface area contributed by atoms with Crippen LogP contribution in [0.1, 0.15) is 18.2 Å². The van der Waals surface area contributed by atoms with Gasteiger partial charge in [0.1, 0.15) is 11.9 Å². The van der Waals surface area contributed by atoms with E-state index in [1.165, 1.54) is 6.92 Å². The van der Waals surface area contributed by atoms with E-state index in [1.807, 2.05) is 0 Å². The number of nitro groups is 1. The first-order valence-corrected chi connectivity index (χ1v) is 4.11. The summed E-state index contributed by atoms with van der Waals surface area (Å²) in [7, 11) is 0. The molecule has 0 bridgehead atoms. The molecule has 0 fully saturated rings. The third kappa shape index (κ3) is 2.36. The normalized spacial score (nSPS) is 11.2. The lowest BCUT2D eigenvalue weighted by molar-refractivity contribution is -0.385. The molecular weight excluding hydrogens is 225 g/mol. The van der Waals surface area contributed by atoms with Gasteiger partial charge >= 0.3 is 6.18 Å². The number of nitrogens with zero attached hydrogens (tertiary/aromatic N) is 2. The molecule has 0 aromatic carbocycles. The Labute approximate surface area is 88.6 Å². The molecule has 0 aliphatic carbocycles. The van der Waals surface area contributed by atoms with Crippen LogP contribution in [0, 0.1) is 10.1 Å². The van der Waals surface area contributed by atoms with Crippen LogP contribution in [0.15, 0.2) is 18.8 Å². The van der Waals surface area contributed by atoms with Crippen LogP contribution < -0.4 is 0 Å². The van der Waals surface area contributed by atoms with Gasteiger partial charge < -0.3 is 0 Å². The number of pyridine rings is 1. The van der Waals surface area contributed by atoms with Gasteiger partial charge in [-0.3, -0.25) is 10.1 Å². The summed E-state index contributed by atoms with van der Waals surface area (Å²) in [5.41, 5.74) is -1.64. The van der Waals surface area contributed by atoms with E-state index in [1.54, 1.807) is 0 Å². The number of halogens is 3. The highest BCUT2D eigenvalue weighted by Gasteiger charge is 2.34. The highest BCUT2D eigenvalue weighted by Crippen LogP contribution is 2.32. The summed E-state index contributed by atoms with van der Waals surface area (Å²) in [6.45, 7) is 4.78. The maximum atomic E-state index is 12.3. The summed E-state index contributed by atoms with van der Waals surface area (Å²) in [6.07, 6.45) is -4.04. The highest BCUT2D eigenvalue weighted by atomic mass is 19.4. The molecule has 86 valence electrons. The van der Waals surface area contributed by atoms with E-state index in [9.17, 15) is 23.3 Å². The van der Waals surface area contributed by atoms with E-state index in [0.717, 1.165) is 0 Å². The number of rotatable bonds is 2. The molecule has 0 aliphatic rings. The lowest BCUT2D eigenvalue weighted by atomic mass is 10.1. The van der Waals surface area contributed by atoms with E-state index in [0.29, 0.717) is 12.3 Å². The Balaban J connectivity index is 3.40. The fourth-order valence-corrected chi connectivity index (χ4v) is 1.09. The molecule has 0 aliphatic heterocycles. The minimum absolute atomic E-state index is 0.160. The zero-order chi connectivity index (χ0) is 12.5. The van der Waals surface area contributed by atoms with Crippen molar-refractivity contribution in [2.75, 3.05) is 0 Å². The SMILES string of the molecule is C=C(C)c1cc(C(F)(F)F)ncc1[N+](=O)[O-]. The molecule has 1 heterocycles. The Morgan fingerprint density at radius 3 is 2.50 bits per heavy atom. The first kappa shape index (κ1) is 12.2. The largest absolute Gasteiger partial charge is 0.433 e. The molecule has 0 saturated heterocycles. The van der Waals surface area contributed by atoms with Gasteiger partial charge in [-0.2, -0.15) is 13.2 Å². The van der Waals surface area contributed by atoms with Gasteiger partial charge in [-0.25, -0.2) is 4.98 Å². The maximum Gasteiger partial charge on any atom is 0.433 e. The third-order valence-corrected chi connectivity index (χ3v) is 1.83. The summed E-state index contributed by atoms with van der Waals surface area (Å²) in [4.78, 5) is 12.7. The molecule has 0 radical (unpaired) electrons. The number of aromatic nitrogens is 1. The zero-order valence-electron chi connectivity index (χ0n) is 8.21. The fourth-order valence-electron chi connectivity index (χ4n) is 1.09. The van der Waals surface area contributed by atoms with E-state index in [2.05, 4.69) is 11.6 Å². The van der Waals surface area contributed by atoms with Crippen LogP contribution in [0.4, 0.5) is 18.9 Å². The van der Waals surface area contributed by atoms with E-state index < -0.39 is 22.5 Å². The van der Waals surface area contributed by atoms with Crippen molar-refractivity contribution in [3.05, 3.63) is 40.2 Å². The predicted molar refractivity (Wildman–Crippen MR) is 50.6 cm³/mol. The van der Waals surface area contributed by atoms with Crippen molar-refractivity contribution in [1.82, 2.24) is 4.98 Å². The summed E-state index contributed by atoms with van der Waals surface area (Å²) in [5.74, 6) is 0. The van der Waals surface area contributed by atoms with Gasteiger partial charge in [-0.05, 0) is 18.6 Å². The summed E-state index contributed by atoms with van der Waals surface area (Å²) < 4.78 is 36.9. The van der Waals surface area contributed by atoms with Crippen molar-refractivity contribution < 1.29 is 18.1 Å². The Morgan fingerprint density at radius 2 is 2.12 bits per heavy atom. The molecule has 0 amide bonds. The lowest BCUT2D eigenvalue weighted by Gasteiger charge is -2.07. The average molecular weight is 232 g/mol. The number of hydrogen-bond donors (Lipinski definition) is 0. The molecule has 0 saturated carbocycles. The second-order valence-electron chi connectivity index (χ2n) is 3.12. The standard InChI is InChI=1S/C9H7F3N2O2/c1-5(2)6-3-8(9(10,11)12)13-4-7(6)14(15)16/h3-4H,1H2,2H3. The van der Waals surface area contributed by atoms with Crippen molar-refractivity contribution in [2.45, 2.75) is 13.1 Å². The highest BCUT2D eigenvalue weighted by molar-refractivity contribution is 5.69. The molecule has 4 nitrogen and oxygen atoms in total. The summed E-state index contributed by atoms with van der Waals surface area (Å²) >= 11 is 0. The molecular formula is C9H7F3N2O2. The predicted octanol–water partition coefficient (Wildman–Crippen LogP) is 3.04.